The first-order valence-electron chi connectivity index (χ1n) is 9.84. The fourth-order valence-electron chi connectivity index (χ4n) is 4.55. The number of nitrogens with zero attached hydrogens (tertiary/aromatic N) is 1. The van der Waals surface area contributed by atoms with Crippen molar-refractivity contribution in [2.24, 2.45) is 0 Å². The maximum atomic E-state index is 14.9. The first kappa shape index (κ1) is 19.1. The lowest BCUT2D eigenvalue weighted by atomic mass is 9.80. The zero-order valence-electron chi connectivity index (χ0n) is 15.7. The average Bonchev–Trinajstić information content (AvgIpc) is 3.18. The molecule has 3 N–H and O–H groups in total. The van der Waals surface area contributed by atoms with Crippen LogP contribution in [0.25, 0.3) is 0 Å². The third kappa shape index (κ3) is 3.24. The Morgan fingerprint density at radius 2 is 2.11 bits per heavy atom. The highest BCUT2D eigenvalue weighted by atomic mass is 19.1. The molecule has 2 amide bonds. The van der Waals surface area contributed by atoms with Gasteiger partial charge in [0, 0.05) is 6.42 Å². The molecule has 2 aliphatic heterocycles. The van der Waals surface area contributed by atoms with E-state index >= 15 is 0 Å². The van der Waals surface area contributed by atoms with Gasteiger partial charge in [0.15, 0.2) is 0 Å². The van der Waals surface area contributed by atoms with Gasteiger partial charge in [0.05, 0.1) is 30.5 Å². The lowest BCUT2D eigenvalue weighted by Gasteiger charge is -2.30. The zero-order chi connectivity index (χ0) is 20.0. The molecule has 4 rings (SSSR count). The maximum Gasteiger partial charge on any atom is 0.415 e. The van der Waals surface area contributed by atoms with E-state index in [0.717, 1.165) is 5.56 Å². The Labute approximate surface area is 162 Å². The van der Waals surface area contributed by atoms with Gasteiger partial charge >= 0.3 is 6.09 Å². The van der Waals surface area contributed by atoms with E-state index in [-0.39, 0.29) is 24.4 Å². The van der Waals surface area contributed by atoms with E-state index in [2.05, 4.69) is 5.32 Å². The second-order valence-electron chi connectivity index (χ2n) is 7.87. The van der Waals surface area contributed by atoms with Crippen molar-refractivity contribution in [2.75, 3.05) is 11.4 Å². The summed E-state index contributed by atoms with van der Waals surface area (Å²) in [6, 6.07) is 2.89. The minimum atomic E-state index is -0.851. The molecule has 3 aliphatic rings. The number of cyclic esters (lactones) is 1. The number of ether oxygens (including phenoxy) is 1. The van der Waals surface area contributed by atoms with E-state index < -0.39 is 30.2 Å². The quantitative estimate of drug-likeness (QED) is 0.723. The van der Waals surface area contributed by atoms with Crippen LogP contribution in [0.15, 0.2) is 12.1 Å². The molecule has 152 valence electrons. The predicted molar refractivity (Wildman–Crippen MR) is 98.5 cm³/mol. The van der Waals surface area contributed by atoms with Crippen molar-refractivity contribution in [1.82, 2.24) is 5.32 Å². The topological polar surface area (TPSA) is 99.1 Å². The highest BCUT2D eigenvalue weighted by Crippen LogP contribution is 2.43. The second-order valence-corrected chi connectivity index (χ2v) is 7.87. The van der Waals surface area contributed by atoms with Crippen LogP contribution in [-0.2, 0) is 16.0 Å². The summed E-state index contributed by atoms with van der Waals surface area (Å²) in [5.74, 6) is -0.689. The van der Waals surface area contributed by atoms with Crippen molar-refractivity contribution in [1.29, 1.82) is 0 Å². The van der Waals surface area contributed by atoms with Crippen LogP contribution in [0.1, 0.15) is 49.7 Å². The third-order valence-corrected chi connectivity index (χ3v) is 6.14. The maximum absolute atomic E-state index is 14.9. The number of halogens is 1. The van der Waals surface area contributed by atoms with Crippen LogP contribution in [0, 0.1) is 5.82 Å². The molecule has 1 saturated heterocycles. The normalized spacial score (nSPS) is 31.4. The van der Waals surface area contributed by atoms with Crippen molar-refractivity contribution in [3.8, 4) is 0 Å². The molecular weight excluding hydrogens is 367 g/mol. The summed E-state index contributed by atoms with van der Waals surface area (Å²) in [7, 11) is 0. The first-order valence-corrected chi connectivity index (χ1v) is 9.84. The Balaban J connectivity index is 1.55. The van der Waals surface area contributed by atoms with Crippen molar-refractivity contribution in [3.63, 3.8) is 0 Å². The molecule has 0 aromatic heterocycles. The van der Waals surface area contributed by atoms with Crippen molar-refractivity contribution in [2.45, 2.75) is 69.3 Å². The summed E-state index contributed by atoms with van der Waals surface area (Å²) >= 11 is 0. The van der Waals surface area contributed by atoms with Crippen molar-refractivity contribution >= 4 is 17.7 Å². The van der Waals surface area contributed by atoms with Gasteiger partial charge in [-0.2, -0.15) is 0 Å². The van der Waals surface area contributed by atoms with E-state index in [1.807, 2.05) is 0 Å². The van der Waals surface area contributed by atoms with Gasteiger partial charge in [-0.25, -0.2) is 9.18 Å². The number of amides is 2. The van der Waals surface area contributed by atoms with Crippen LogP contribution in [-0.4, -0.2) is 53.1 Å². The van der Waals surface area contributed by atoms with Crippen LogP contribution in [0.2, 0.25) is 0 Å². The number of rotatable bonds is 4. The van der Waals surface area contributed by atoms with Crippen LogP contribution in [0.4, 0.5) is 14.9 Å². The molecule has 28 heavy (non-hydrogen) atoms. The number of benzene rings is 1. The highest BCUT2D eigenvalue weighted by Gasteiger charge is 2.48. The monoisotopic (exact) mass is 392 g/mol. The smallest absolute Gasteiger partial charge is 0.415 e. The van der Waals surface area contributed by atoms with Gasteiger partial charge in [0.1, 0.15) is 11.9 Å². The number of anilines is 1. The SMILES string of the molecule is CCC(=O)NCC1OC(=O)N2c3cc(F)c(C4CCC(O)[C@@H](O)C4)cc3C[C@@H]12. The summed E-state index contributed by atoms with van der Waals surface area (Å²) in [5.41, 5.74) is 1.90. The Kier molecular flexibility index (Phi) is 5.01. The van der Waals surface area contributed by atoms with E-state index in [0.29, 0.717) is 43.4 Å². The minimum absolute atomic E-state index is 0.114. The van der Waals surface area contributed by atoms with Crippen LogP contribution >= 0.6 is 0 Å². The van der Waals surface area contributed by atoms with E-state index in [1.54, 1.807) is 13.0 Å². The van der Waals surface area contributed by atoms with Gasteiger partial charge in [-0.15, -0.1) is 0 Å². The molecule has 0 spiro atoms. The third-order valence-electron chi connectivity index (χ3n) is 6.14. The van der Waals surface area contributed by atoms with E-state index in [9.17, 15) is 24.2 Å². The number of carbonyl (C=O) groups excluding carboxylic acids is 2. The number of fused-ring (bicyclic) bond motifs is 3. The van der Waals surface area contributed by atoms with Gasteiger partial charge in [-0.3, -0.25) is 9.69 Å². The number of nitrogens with one attached hydrogen (secondary N) is 1. The second kappa shape index (κ2) is 7.33. The predicted octanol–water partition coefficient (Wildman–Crippen LogP) is 1.59. The van der Waals surface area contributed by atoms with Gasteiger partial charge < -0.3 is 20.3 Å². The fraction of sp³-hybridized carbons (Fsp3) is 0.600. The number of aliphatic hydroxyl groups is 2. The summed E-state index contributed by atoms with van der Waals surface area (Å²) in [6.07, 6.45) is -0.375. The Morgan fingerprint density at radius 3 is 2.82 bits per heavy atom. The largest absolute Gasteiger partial charge is 0.442 e. The summed E-state index contributed by atoms with van der Waals surface area (Å²) in [5, 5.41) is 22.4. The van der Waals surface area contributed by atoms with E-state index in [4.69, 9.17) is 4.74 Å². The van der Waals surface area contributed by atoms with E-state index in [1.165, 1.54) is 11.0 Å². The number of aliphatic hydroxyl groups excluding tert-OH is 2. The lowest BCUT2D eigenvalue weighted by molar-refractivity contribution is -0.121. The fourth-order valence-corrected chi connectivity index (χ4v) is 4.55. The average molecular weight is 392 g/mol. The molecule has 1 aromatic carbocycles. The zero-order valence-corrected chi connectivity index (χ0v) is 15.7. The molecule has 0 radical (unpaired) electrons. The summed E-state index contributed by atoms with van der Waals surface area (Å²) in [6.45, 7) is 1.98. The first-order chi connectivity index (χ1) is 13.4. The molecule has 2 heterocycles. The lowest BCUT2D eigenvalue weighted by Crippen LogP contribution is -2.40. The van der Waals surface area contributed by atoms with Crippen LogP contribution in [0.3, 0.4) is 0 Å². The Bertz CT molecular complexity index is 801. The number of hydrogen-bond acceptors (Lipinski definition) is 5. The van der Waals surface area contributed by atoms with Gasteiger partial charge in [-0.05, 0) is 48.8 Å². The Morgan fingerprint density at radius 1 is 1.32 bits per heavy atom. The molecule has 1 aliphatic carbocycles. The number of carbonyl (C=O) groups is 2. The standard InChI is InChI=1S/C20H25FN2O5/c1-2-19(26)22-9-18-15-6-11-5-12(10-3-4-16(24)17(25)7-10)13(21)8-14(11)23(15)20(27)28-18/h5,8,10,15-18,24-25H,2-4,6-7,9H2,1H3,(H,22,26)/t10?,15-,16?,17-,18?/m0/s1. The molecule has 1 aromatic rings. The minimum Gasteiger partial charge on any atom is -0.442 e. The molecule has 0 bridgehead atoms. The Hall–Kier alpha value is -2.19. The molecule has 1 saturated carbocycles. The van der Waals surface area contributed by atoms with Gasteiger partial charge in [0.25, 0.3) is 0 Å². The molecule has 3 unspecified atom stereocenters. The summed E-state index contributed by atoms with van der Waals surface area (Å²) < 4.78 is 20.2. The van der Waals surface area contributed by atoms with Gasteiger partial charge in [-0.1, -0.05) is 13.0 Å². The molecule has 5 atom stereocenters. The van der Waals surface area contributed by atoms with Crippen molar-refractivity contribution in [3.05, 3.63) is 29.1 Å². The van der Waals surface area contributed by atoms with Gasteiger partial charge in [0.2, 0.25) is 5.91 Å². The number of hydrogen-bond donors (Lipinski definition) is 3. The molecule has 2 fully saturated rings. The summed E-state index contributed by atoms with van der Waals surface area (Å²) in [4.78, 5) is 25.3. The van der Waals surface area contributed by atoms with Crippen molar-refractivity contribution < 1.29 is 28.9 Å². The molecule has 8 heteroatoms. The van der Waals surface area contributed by atoms with Crippen LogP contribution < -0.4 is 10.2 Å². The molecular formula is C20H25FN2O5. The highest BCUT2D eigenvalue weighted by molar-refractivity contribution is 5.94. The van der Waals surface area contributed by atoms with Crippen LogP contribution in [0.5, 0.6) is 0 Å². The molecule has 7 nitrogen and oxygen atoms in total.